The molecule has 1 aliphatic rings. The normalized spacial score (nSPS) is 14.8. The average Bonchev–Trinajstić information content (AvgIpc) is 2.57. The van der Waals surface area contributed by atoms with E-state index in [1.165, 1.54) is 5.56 Å². The molecule has 0 amide bonds. The Morgan fingerprint density at radius 3 is 3.07 bits per heavy atom. The predicted molar refractivity (Wildman–Crippen MR) is 60.8 cm³/mol. The molecule has 3 nitrogen and oxygen atoms in total. The largest absolute Gasteiger partial charge is 0.491 e. The first-order chi connectivity index (χ1) is 7.16. The Labute approximate surface area is 90.6 Å². The lowest BCUT2D eigenvalue weighted by Crippen LogP contribution is -2.29. The topological polar surface area (TPSA) is 41.5 Å². The lowest BCUT2D eigenvalue weighted by Gasteiger charge is -2.09. The van der Waals surface area contributed by atoms with Crippen LogP contribution in [0, 0.1) is 0 Å². The molecule has 0 unspecified atom stereocenters. The molecule has 1 aliphatic heterocycles. The van der Waals surface area contributed by atoms with Gasteiger partial charge < -0.3 is 15.0 Å². The van der Waals surface area contributed by atoms with Crippen molar-refractivity contribution in [1.29, 1.82) is 0 Å². The second-order valence-corrected chi connectivity index (χ2v) is 4.23. The van der Waals surface area contributed by atoms with Crippen molar-refractivity contribution in [2.24, 2.45) is 0 Å². The van der Waals surface area contributed by atoms with E-state index in [1.807, 2.05) is 12.1 Å². The van der Waals surface area contributed by atoms with E-state index in [1.54, 1.807) is 0 Å². The standard InChI is InChI=1S/C11H16BNO2/c1-8(2)13-6-9-3-4-10-7-15-12(14)11(10)5-9/h3-5,8,13-14H,6-7H2,1-2H3. The minimum absolute atomic E-state index is 0.472. The maximum absolute atomic E-state index is 9.54. The lowest BCUT2D eigenvalue weighted by atomic mass is 9.79. The fourth-order valence-electron chi connectivity index (χ4n) is 1.70. The summed E-state index contributed by atoms with van der Waals surface area (Å²) in [7, 11) is -0.737. The highest BCUT2D eigenvalue weighted by Crippen LogP contribution is 2.11. The first kappa shape index (κ1) is 10.7. The van der Waals surface area contributed by atoms with Crippen molar-refractivity contribution in [3.63, 3.8) is 0 Å². The van der Waals surface area contributed by atoms with Crippen molar-refractivity contribution in [1.82, 2.24) is 5.32 Å². The second kappa shape index (κ2) is 4.35. The Hall–Kier alpha value is -0.835. The maximum Gasteiger partial charge on any atom is 0.491 e. The second-order valence-electron chi connectivity index (χ2n) is 4.23. The highest BCUT2D eigenvalue weighted by molar-refractivity contribution is 6.61. The molecule has 80 valence electrons. The molecule has 4 heteroatoms. The van der Waals surface area contributed by atoms with E-state index in [0.29, 0.717) is 12.6 Å². The zero-order valence-corrected chi connectivity index (χ0v) is 9.16. The molecule has 0 atom stereocenters. The van der Waals surface area contributed by atoms with Crippen molar-refractivity contribution in [3.05, 3.63) is 29.3 Å². The third kappa shape index (κ3) is 2.40. The summed E-state index contributed by atoms with van der Waals surface area (Å²) in [6.45, 7) is 5.59. The van der Waals surface area contributed by atoms with E-state index in [-0.39, 0.29) is 0 Å². The van der Waals surface area contributed by atoms with Crippen LogP contribution in [0.15, 0.2) is 18.2 Å². The summed E-state index contributed by atoms with van der Waals surface area (Å²) >= 11 is 0. The van der Waals surface area contributed by atoms with Crippen molar-refractivity contribution in [3.8, 4) is 0 Å². The van der Waals surface area contributed by atoms with Gasteiger partial charge >= 0.3 is 7.12 Å². The molecule has 0 aliphatic carbocycles. The molecule has 0 aromatic heterocycles. The van der Waals surface area contributed by atoms with Crippen molar-refractivity contribution in [2.75, 3.05) is 0 Å². The van der Waals surface area contributed by atoms with E-state index in [2.05, 4.69) is 25.2 Å². The number of hydrogen-bond donors (Lipinski definition) is 2. The Kier molecular flexibility index (Phi) is 3.10. The van der Waals surface area contributed by atoms with Gasteiger partial charge in [-0.2, -0.15) is 0 Å². The molecule has 0 fully saturated rings. The van der Waals surface area contributed by atoms with Crippen molar-refractivity contribution >= 4 is 12.6 Å². The maximum atomic E-state index is 9.54. The van der Waals surface area contributed by atoms with Gasteiger partial charge in [-0.05, 0) is 16.6 Å². The van der Waals surface area contributed by atoms with Gasteiger partial charge in [-0.15, -0.1) is 0 Å². The van der Waals surface area contributed by atoms with Gasteiger partial charge in [0, 0.05) is 12.6 Å². The van der Waals surface area contributed by atoms with Crippen LogP contribution in [0.4, 0.5) is 0 Å². The molecule has 15 heavy (non-hydrogen) atoms. The summed E-state index contributed by atoms with van der Waals surface area (Å²) in [6.07, 6.45) is 0. The lowest BCUT2D eigenvalue weighted by molar-refractivity contribution is 0.275. The monoisotopic (exact) mass is 205 g/mol. The summed E-state index contributed by atoms with van der Waals surface area (Å²) in [5.41, 5.74) is 3.20. The number of fused-ring (bicyclic) bond motifs is 1. The molecule has 0 radical (unpaired) electrons. The fraction of sp³-hybridized carbons (Fsp3) is 0.455. The highest BCUT2D eigenvalue weighted by atomic mass is 16.5. The fourth-order valence-corrected chi connectivity index (χ4v) is 1.70. The van der Waals surface area contributed by atoms with Gasteiger partial charge in [-0.1, -0.05) is 32.0 Å². The minimum atomic E-state index is -0.737. The van der Waals surface area contributed by atoms with Gasteiger partial charge in [0.1, 0.15) is 0 Å². The number of nitrogens with one attached hydrogen (secondary N) is 1. The highest BCUT2D eigenvalue weighted by Gasteiger charge is 2.26. The van der Waals surface area contributed by atoms with E-state index >= 15 is 0 Å². The van der Waals surface area contributed by atoms with Crippen LogP contribution in [0.5, 0.6) is 0 Å². The molecular weight excluding hydrogens is 189 g/mol. The predicted octanol–water partition coefficient (Wildman–Crippen LogP) is 0.402. The van der Waals surface area contributed by atoms with E-state index in [9.17, 15) is 5.02 Å². The van der Waals surface area contributed by atoms with Gasteiger partial charge in [0.2, 0.25) is 0 Å². The van der Waals surface area contributed by atoms with Crippen LogP contribution in [-0.4, -0.2) is 18.2 Å². The van der Waals surface area contributed by atoms with E-state index < -0.39 is 7.12 Å². The summed E-state index contributed by atoms with van der Waals surface area (Å²) in [6, 6.07) is 6.60. The van der Waals surface area contributed by atoms with Crippen LogP contribution in [0.3, 0.4) is 0 Å². The Bertz CT molecular complexity index is 354. The molecule has 0 bridgehead atoms. The van der Waals surface area contributed by atoms with Crippen LogP contribution in [0.2, 0.25) is 0 Å². The molecule has 0 saturated heterocycles. The van der Waals surface area contributed by atoms with Gasteiger partial charge in [0.25, 0.3) is 0 Å². The minimum Gasteiger partial charge on any atom is -0.423 e. The molecule has 0 spiro atoms. The quantitative estimate of drug-likeness (QED) is 0.702. The van der Waals surface area contributed by atoms with Crippen LogP contribution >= 0.6 is 0 Å². The van der Waals surface area contributed by atoms with Crippen LogP contribution in [-0.2, 0) is 17.8 Å². The third-order valence-corrected chi connectivity index (χ3v) is 2.59. The van der Waals surface area contributed by atoms with E-state index in [0.717, 1.165) is 17.6 Å². The Morgan fingerprint density at radius 1 is 1.53 bits per heavy atom. The average molecular weight is 205 g/mol. The molecule has 2 N–H and O–H groups in total. The Morgan fingerprint density at radius 2 is 2.33 bits per heavy atom. The molecule has 2 rings (SSSR count). The summed E-state index contributed by atoms with van der Waals surface area (Å²) < 4.78 is 5.14. The number of hydrogen-bond acceptors (Lipinski definition) is 3. The summed E-state index contributed by atoms with van der Waals surface area (Å²) in [4.78, 5) is 0. The first-order valence-corrected chi connectivity index (χ1v) is 5.31. The number of rotatable bonds is 3. The van der Waals surface area contributed by atoms with Gasteiger partial charge in [-0.25, -0.2) is 0 Å². The van der Waals surface area contributed by atoms with E-state index in [4.69, 9.17) is 4.65 Å². The van der Waals surface area contributed by atoms with Crippen molar-refractivity contribution in [2.45, 2.75) is 33.0 Å². The zero-order chi connectivity index (χ0) is 10.8. The SMILES string of the molecule is CC(C)NCc1ccc2c(c1)B(O)OC2. The summed E-state index contributed by atoms with van der Waals surface area (Å²) in [5, 5.41) is 12.9. The van der Waals surface area contributed by atoms with Crippen LogP contribution in [0.25, 0.3) is 0 Å². The molecule has 1 aromatic carbocycles. The first-order valence-electron chi connectivity index (χ1n) is 5.31. The van der Waals surface area contributed by atoms with Crippen LogP contribution in [0.1, 0.15) is 25.0 Å². The van der Waals surface area contributed by atoms with Crippen LogP contribution < -0.4 is 10.8 Å². The van der Waals surface area contributed by atoms with Gasteiger partial charge in [0.15, 0.2) is 0 Å². The number of benzene rings is 1. The molecule has 1 aromatic rings. The van der Waals surface area contributed by atoms with Gasteiger partial charge in [0.05, 0.1) is 6.61 Å². The van der Waals surface area contributed by atoms with Crippen molar-refractivity contribution < 1.29 is 9.68 Å². The zero-order valence-electron chi connectivity index (χ0n) is 9.16. The third-order valence-electron chi connectivity index (χ3n) is 2.59. The Balaban J connectivity index is 2.11. The molecular formula is C11H16BNO2. The molecule has 1 heterocycles. The molecule has 0 saturated carbocycles. The smallest absolute Gasteiger partial charge is 0.423 e. The summed E-state index contributed by atoms with van der Waals surface area (Å²) in [5.74, 6) is 0. The van der Waals surface area contributed by atoms with Gasteiger partial charge in [-0.3, -0.25) is 0 Å².